The lowest BCUT2D eigenvalue weighted by Gasteiger charge is -2.47. The van der Waals surface area contributed by atoms with Gasteiger partial charge in [0, 0.05) is 29.7 Å². The fraction of sp³-hybridized carbons (Fsp3) is 0.432. The van der Waals surface area contributed by atoms with Crippen molar-refractivity contribution in [2.45, 2.75) is 80.0 Å². The second kappa shape index (κ2) is 13.2. The largest absolute Gasteiger partial charge is 0.504 e. The number of hydrogen-bond donors (Lipinski definition) is 3. The van der Waals surface area contributed by atoms with Crippen LogP contribution in [0.2, 0.25) is 0 Å². The SMILES string of the molecule is CC[C@H]1CCC(=O)CC(=O)/C=C/c2cc(OC)c(O)cc2[C@@H]2/C=C/[C@H]1SS[C@@H]([C@@]13CCC[C@@H]1C=Cc1cncn13)C1=CC2=CNC1N. The number of imidazole rings is 1. The first-order valence-electron chi connectivity index (χ1n) is 16.6. The number of ketones is 2. The van der Waals surface area contributed by atoms with Crippen molar-refractivity contribution in [3.63, 3.8) is 0 Å². The Morgan fingerprint density at radius 3 is 2.85 bits per heavy atom. The molecule has 1 aromatic carbocycles. The number of rotatable bonds is 3. The van der Waals surface area contributed by atoms with E-state index >= 15 is 0 Å². The molecule has 4 N–H and O–H groups in total. The summed E-state index contributed by atoms with van der Waals surface area (Å²) in [6.45, 7) is 2.19. The lowest BCUT2D eigenvalue weighted by molar-refractivity contribution is -0.124. The highest BCUT2D eigenvalue weighted by Crippen LogP contribution is 2.57. The number of phenols is 1. The van der Waals surface area contributed by atoms with Gasteiger partial charge in [0.05, 0.1) is 48.7 Å². The van der Waals surface area contributed by atoms with E-state index in [2.05, 4.69) is 52.2 Å². The number of hydrogen-bond acceptors (Lipinski definition) is 9. The molecular formula is C37H42N4O4S2. The summed E-state index contributed by atoms with van der Waals surface area (Å²) in [5.41, 5.74) is 11.6. The van der Waals surface area contributed by atoms with Crippen molar-refractivity contribution in [2.24, 2.45) is 17.6 Å². The number of nitrogens with two attached hydrogens (primary N) is 1. The summed E-state index contributed by atoms with van der Waals surface area (Å²) in [5, 5.41) is 14.7. The number of dihydropyridines is 1. The molecule has 3 aliphatic heterocycles. The number of aromatic nitrogens is 2. The molecule has 2 aliphatic carbocycles. The van der Waals surface area contributed by atoms with E-state index in [0.29, 0.717) is 24.5 Å². The standard InChI is InChI=1S/C37H42N4O4S2/c1-3-22-6-10-27(42)17-28(43)11-7-23-16-33(45-2)32(44)18-30(23)29-12-13-34(22)46-47-35(31-15-24(29)19-40-36(31)38)37-14-4-5-25(37)8-9-26-20-39-21-41(26)37/h7-9,11-13,15-16,18-22,25,29,34-36,40,44H,3-6,10,14,17,38H2,1-2H3/b11-7+,13-12+/t22-,25+,29+,34+,35+,36?,37+/m0/s1. The molecule has 2 aromatic rings. The molecule has 0 amide bonds. The van der Waals surface area contributed by atoms with Gasteiger partial charge in [-0.05, 0) is 71.7 Å². The van der Waals surface area contributed by atoms with Crippen molar-refractivity contribution in [2.75, 3.05) is 7.11 Å². The van der Waals surface area contributed by atoms with Gasteiger partial charge in [0.25, 0.3) is 0 Å². The van der Waals surface area contributed by atoms with E-state index in [0.717, 1.165) is 53.7 Å². The monoisotopic (exact) mass is 670 g/mol. The van der Waals surface area contributed by atoms with Gasteiger partial charge in [0.2, 0.25) is 0 Å². The van der Waals surface area contributed by atoms with Gasteiger partial charge >= 0.3 is 0 Å². The lowest BCUT2D eigenvalue weighted by atomic mass is 9.76. The zero-order valence-electron chi connectivity index (χ0n) is 26.8. The number of nitrogens with zero attached hydrogens (tertiary/aromatic N) is 2. The maximum Gasteiger partial charge on any atom is 0.163 e. The van der Waals surface area contributed by atoms with E-state index in [1.54, 1.807) is 18.2 Å². The fourth-order valence-corrected chi connectivity index (χ4v) is 12.1. The second-order valence-corrected chi connectivity index (χ2v) is 15.8. The summed E-state index contributed by atoms with van der Waals surface area (Å²) in [6.07, 6.45) is 25.3. The molecule has 47 heavy (non-hydrogen) atoms. The number of benzene rings is 1. The predicted molar refractivity (Wildman–Crippen MR) is 190 cm³/mol. The van der Waals surface area contributed by atoms with Crippen LogP contribution in [0.1, 0.15) is 74.6 Å². The Bertz CT molecular complexity index is 1720. The molecule has 7 rings (SSSR count). The highest BCUT2D eigenvalue weighted by atomic mass is 33.1. The lowest BCUT2D eigenvalue weighted by Crippen LogP contribution is -2.53. The first-order valence-corrected chi connectivity index (χ1v) is 18.9. The van der Waals surface area contributed by atoms with Gasteiger partial charge in [0.15, 0.2) is 17.3 Å². The Morgan fingerprint density at radius 2 is 2.02 bits per heavy atom. The number of phenolic OH excluding ortho intramolecular Hbond substituents is 1. The van der Waals surface area contributed by atoms with Crippen molar-refractivity contribution < 1.29 is 19.4 Å². The summed E-state index contributed by atoms with van der Waals surface area (Å²) < 4.78 is 7.88. The molecule has 0 spiro atoms. The Balaban J connectivity index is 1.43. The zero-order valence-corrected chi connectivity index (χ0v) is 28.4. The smallest absolute Gasteiger partial charge is 0.163 e. The van der Waals surface area contributed by atoms with Crippen LogP contribution in [-0.4, -0.2) is 50.0 Å². The van der Waals surface area contributed by atoms with E-state index in [9.17, 15) is 14.7 Å². The minimum Gasteiger partial charge on any atom is -0.504 e. The zero-order chi connectivity index (χ0) is 32.7. The van der Waals surface area contributed by atoms with Crippen LogP contribution in [0, 0.1) is 11.8 Å². The maximum atomic E-state index is 13.0. The third-order valence-corrected chi connectivity index (χ3v) is 14.0. The minimum absolute atomic E-state index is 0.0261. The van der Waals surface area contributed by atoms with Crippen molar-refractivity contribution in [1.29, 1.82) is 0 Å². The molecule has 0 radical (unpaired) electrons. The van der Waals surface area contributed by atoms with E-state index in [1.807, 2.05) is 40.3 Å². The van der Waals surface area contributed by atoms with Crippen LogP contribution in [0.15, 0.2) is 72.4 Å². The number of allylic oxidation sites excluding steroid dienone is 5. The van der Waals surface area contributed by atoms with Gasteiger partial charge in [-0.3, -0.25) is 9.59 Å². The first kappa shape index (κ1) is 32.1. The molecule has 5 aliphatic rings. The summed E-state index contributed by atoms with van der Waals surface area (Å²) >= 11 is 0. The van der Waals surface area contributed by atoms with Crippen LogP contribution in [0.4, 0.5) is 0 Å². The van der Waals surface area contributed by atoms with Gasteiger partial charge in [0.1, 0.15) is 5.78 Å². The maximum absolute atomic E-state index is 13.0. The highest BCUT2D eigenvalue weighted by molar-refractivity contribution is 8.77. The minimum atomic E-state index is -0.376. The predicted octanol–water partition coefficient (Wildman–Crippen LogP) is 6.65. The van der Waals surface area contributed by atoms with E-state index in [1.165, 1.54) is 13.2 Å². The molecule has 4 heterocycles. The molecule has 10 heteroatoms. The topological polar surface area (TPSA) is 119 Å². The molecule has 1 saturated carbocycles. The Kier molecular flexibility index (Phi) is 9.02. The van der Waals surface area contributed by atoms with Gasteiger partial charge in [-0.25, -0.2) is 4.98 Å². The molecule has 7 atom stereocenters. The van der Waals surface area contributed by atoms with Crippen LogP contribution < -0.4 is 15.8 Å². The number of Topliss-reactive ketones (excluding diaryl/α,β-unsaturated/α-hetero) is 1. The Hall–Kier alpha value is -3.47. The van der Waals surface area contributed by atoms with Gasteiger partial charge < -0.3 is 25.5 Å². The second-order valence-electron chi connectivity index (χ2n) is 13.2. The molecule has 1 fully saturated rings. The first-order chi connectivity index (χ1) is 22.8. The van der Waals surface area contributed by atoms with Crippen molar-refractivity contribution >= 4 is 45.3 Å². The molecule has 246 valence electrons. The summed E-state index contributed by atoms with van der Waals surface area (Å²) in [5.74, 6) is 0.408. The van der Waals surface area contributed by atoms with E-state index in [4.69, 9.17) is 10.5 Å². The molecule has 4 bridgehead atoms. The van der Waals surface area contributed by atoms with Crippen molar-refractivity contribution in [3.8, 4) is 11.5 Å². The third-order valence-electron chi connectivity index (χ3n) is 10.7. The molecule has 1 aromatic heterocycles. The van der Waals surface area contributed by atoms with Crippen LogP contribution in [0.5, 0.6) is 11.5 Å². The van der Waals surface area contributed by atoms with Crippen molar-refractivity contribution in [3.05, 3.63) is 89.2 Å². The number of carbonyl (C=O) groups is 2. The summed E-state index contributed by atoms with van der Waals surface area (Å²) in [7, 11) is 5.30. The van der Waals surface area contributed by atoms with E-state index in [-0.39, 0.29) is 57.8 Å². The highest BCUT2D eigenvalue weighted by Gasteiger charge is 2.53. The molecule has 0 saturated heterocycles. The average molecular weight is 671 g/mol. The number of aromatic hydroxyl groups is 1. The third kappa shape index (κ3) is 5.82. The number of methoxy groups -OCH3 is 1. The molecule has 1 unspecified atom stereocenters. The molecule has 8 nitrogen and oxygen atoms in total. The number of carbonyl (C=O) groups excluding carboxylic acids is 2. The summed E-state index contributed by atoms with van der Waals surface area (Å²) in [6, 6.07) is 3.50. The number of nitrogens with one attached hydrogen (secondary N) is 1. The summed E-state index contributed by atoms with van der Waals surface area (Å²) in [4.78, 5) is 30.5. The number of fused-ring (bicyclic) bond motifs is 9. The Morgan fingerprint density at radius 1 is 1.15 bits per heavy atom. The van der Waals surface area contributed by atoms with Crippen LogP contribution in [0.25, 0.3) is 12.2 Å². The number of ether oxygens (including phenoxy) is 1. The van der Waals surface area contributed by atoms with Crippen LogP contribution >= 0.6 is 21.6 Å². The molecular weight excluding hydrogens is 629 g/mol. The van der Waals surface area contributed by atoms with E-state index < -0.39 is 0 Å². The quantitative estimate of drug-likeness (QED) is 0.187. The average Bonchev–Trinajstić information content (AvgIpc) is 3.73. The van der Waals surface area contributed by atoms with Gasteiger partial charge in [-0.2, -0.15) is 0 Å². The van der Waals surface area contributed by atoms with Gasteiger partial charge in [-0.1, -0.05) is 71.7 Å². The van der Waals surface area contributed by atoms with Crippen LogP contribution in [0.3, 0.4) is 0 Å². The van der Waals surface area contributed by atoms with Gasteiger partial charge in [-0.15, -0.1) is 0 Å². The van der Waals surface area contributed by atoms with Crippen LogP contribution in [-0.2, 0) is 15.1 Å². The van der Waals surface area contributed by atoms with Crippen molar-refractivity contribution in [1.82, 2.24) is 14.9 Å². The fourth-order valence-electron chi connectivity index (χ4n) is 8.15. The normalized spacial score (nSPS) is 33.3. The Labute approximate surface area is 284 Å².